The van der Waals surface area contributed by atoms with Crippen molar-refractivity contribution in [3.05, 3.63) is 64.7 Å². The molecule has 26 heavy (non-hydrogen) atoms. The number of aryl methyl sites for hydroxylation is 1. The zero-order valence-corrected chi connectivity index (χ0v) is 16.1. The van der Waals surface area contributed by atoms with E-state index in [0.717, 1.165) is 21.7 Å². The second-order valence-corrected chi connectivity index (χ2v) is 6.94. The predicted octanol–water partition coefficient (Wildman–Crippen LogP) is 1.98. The fourth-order valence-electron chi connectivity index (χ4n) is 2.65. The molecule has 0 fully saturated rings. The van der Waals surface area contributed by atoms with Crippen molar-refractivity contribution in [1.82, 2.24) is 5.32 Å². The lowest BCUT2D eigenvalue weighted by Crippen LogP contribution is -3.11. The van der Waals surface area contributed by atoms with Gasteiger partial charge in [-0.15, -0.1) is 0 Å². The predicted molar refractivity (Wildman–Crippen MR) is 104 cm³/mol. The monoisotopic (exact) mass is 374 g/mol. The molecular weight excluding hydrogens is 350 g/mol. The van der Waals surface area contributed by atoms with Gasteiger partial charge < -0.3 is 15.5 Å². The fourth-order valence-corrected chi connectivity index (χ4v) is 2.95. The molecule has 0 aliphatic heterocycles. The van der Waals surface area contributed by atoms with Gasteiger partial charge in [-0.3, -0.25) is 9.59 Å². The van der Waals surface area contributed by atoms with Crippen molar-refractivity contribution in [1.29, 1.82) is 0 Å². The van der Waals surface area contributed by atoms with Gasteiger partial charge in [0, 0.05) is 10.7 Å². The van der Waals surface area contributed by atoms with E-state index < -0.39 is 0 Å². The van der Waals surface area contributed by atoms with Crippen LogP contribution in [-0.2, 0) is 9.59 Å². The van der Waals surface area contributed by atoms with Crippen LogP contribution >= 0.6 is 11.6 Å². The van der Waals surface area contributed by atoms with E-state index in [-0.39, 0.29) is 30.9 Å². The number of nitrogens with one attached hydrogen (secondary N) is 3. The van der Waals surface area contributed by atoms with Crippen molar-refractivity contribution < 1.29 is 14.5 Å². The second-order valence-electron chi connectivity index (χ2n) is 6.54. The van der Waals surface area contributed by atoms with Crippen LogP contribution in [0.1, 0.15) is 24.1 Å². The molecule has 1 unspecified atom stereocenters. The Kier molecular flexibility index (Phi) is 7.18. The molecule has 0 aromatic heterocycles. The van der Waals surface area contributed by atoms with Crippen molar-refractivity contribution >= 4 is 29.1 Å². The van der Waals surface area contributed by atoms with E-state index in [0.29, 0.717) is 5.02 Å². The highest BCUT2D eigenvalue weighted by atomic mass is 35.5. The van der Waals surface area contributed by atoms with Crippen molar-refractivity contribution in [3.8, 4) is 0 Å². The molecule has 6 heteroatoms. The molecule has 138 valence electrons. The van der Waals surface area contributed by atoms with Crippen LogP contribution < -0.4 is 15.5 Å². The number of hydrogen-bond acceptors (Lipinski definition) is 2. The molecule has 2 aromatic carbocycles. The summed E-state index contributed by atoms with van der Waals surface area (Å²) in [6.45, 7) is 4.29. The summed E-state index contributed by atoms with van der Waals surface area (Å²) in [6.07, 6.45) is 0. The quantitative estimate of drug-likeness (QED) is 0.694. The highest BCUT2D eigenvalue weighted by Gasteiger charge is 2.17. The fraction of sp³-hybridized carbons (Fsp3) is 0.300. The molecule has 0 aliphatic rings. The minimum atomic E-state index is -0.189. The average Bonchev–Trinajstić information content (AvgIpc) is 2.56. The Morgan fingerprint density at radius 2 is 1.65 bits per heavy atom. The zero-order valence-electron chi connectivity index (χ0n) is 15.3. The molecule has 2 atom stereocenters. The summed E-state index contributed by atoms with van der Waals surface area (Å²) in [5.41, 5.74) is 2.76. The molecule has 0 saturated carbocycles. The minimum Gasteiger partial charge on any atom is -0.345 e. The van der Waals surface area contributed by atoms with E-state index in [1.165, 1.54) is 0 Å². The summed E-state index contributed by atoms with van der Waals surface area (Å²) in [4.78, 5) is 25.1. The second kappa shape index (κ2) is 9.36. The lowest BCUT2D eigenvalue weighted by Gasteiger charge is -2.18. The molecule has 0 aliphatic carbocycles. The minimum absolute atomic E-state index is 0.127. The standard InChI is InChI=1S/C20H24ClN3O2/c1-14-8-10-16(11-9-14)23-20(26)13-24(3)12-19(25)22-15(2)17-6-4-5-7-18(17)21/h4-11,15H,12-13H2,1-3H3,(H,22,25)(H,23,26)/p+1/t15-/m1/s1. The number of carbonyl (C=O) groups is 2. The Bertz CT molecular complexity index is 762. The molecule has 5 nitrogen and oxygen atoms in total. The highest BCUT2D eigenvalue weighted by Crippen LogP contribution is 2.21. The lowest BCUT2D eigenvalue weighted by atomic mass is 10.1. The third-order valence-electron chi connectivity index (χ3n) is 4.01. The highest BCUT2D eigenvalue weighted by molar-refractivity contribution is 6.31. The zero-order chi connectivity index (χ0) is 19.1. The summed E-state index contributed by atoms with van der Waals surface area (Å²) >= 11 is 6.15. The number of amides is 2. The van der Waals surface area contributed by atoms with Gasteiger partial charge in [0.2, 0.25) is 0 Å². The third kappa shape index (κ3) is 6.17. The Labute approximate surface area is 159 Å². The number of carbonyl (C=O) groups excluding carboxylic acids is 2. The molecule has 0 heterocycles. The van der Waals surface area contributed by atoms with Crippen molar-refractivity contribution in [2.75, 3.05) is 25.5 Å². The van der Waals surface area contributed by atoms with Crippen molar-refractivity contribution in [2.45, 2.75) is 19.9 Å². The van der Waals surface area contributed by atoms with Crippen LogP contribution in [0.25, 0.3) is 0 Å². The number of hydrogen-bond donors (Lipinski definition) is 3. The van der Waals surface area contributed by atoms with Crippen molar-refractivity contribution in [3.63, 3.8) is 0 Å². The molecular formula is C20H25ClN3O2+. The third-order valence-corrected chi connectivity index (χ3v) is 4.35. The Hall–Kier alpha value is -2.37. The van der Waals surface area contributed by atoms with E-state index in [4.69, 9.17) is 11.6 Å². The Morgan fingerprint density at radius 3 is 2.31 bits per heavy atom. The maximum atomic E-state index is 12.2. The number of halogens is 1. The Balaban J connectivity index is 1.80. The first-order chi connectivity index (χ1) is 12.3. The van der Waals surface area contributed by atoms with Gasteiger partial charge in [-0.2, -0.15) is 0 Å². The van der Waals surface area contributed by atoms with Crippen LogP contribution in [-0.4, -0.2) is 32.0 Å². The molecule has 0 bridgehead atoms. The van der Waals surface area contributed by atoms with Crippen molar-refractivity contribution in [2.24, 2.45) is 0 Å². The van der Waals surface area contributed by atoms with Gasteiger partial charge in [-0.25, -0.2) is 0 Å². The van der Waals surface area contributed by atoms with Crippen LogP contribution in [0.3, 0.4) is 0 Å². The SMILES string of the molecule is Cc1ccc(NC(=O)C[NH+](C)CC(=O)N[C@H](C)c2ccccc2Cl)cc1. The van der Waals surface area contributed by atoms with E-state index in [1.807, 2.05) is 63.4 Å². The van der Waals surface area contributed by atoms with E-state index in [9.17, 15) is 9.59 Å². The molecule has 0 spiro atoms. The average molecular weight is 375 g/mol. The normalized spacial score (nSPS) is 12.9. The maximum Gasteiger partial charge on any atom is 0.279 e. The molecule has 0 saturated heterocycles. The molecule has 0 radical (unpaired) electrons. The largest absolute Gasteiger partial charge is 0.345 e. The van der Waals surface area contributed by atoms with E-state index in [2.05, 4.69) is 10.6 Å². The van der Waals surface area contributed by atoms with Gasteiger partial charge in [0.1, 0.15) is 0 Å². The summed E-state index contributed by atoms with van der Waals surface area (Å²) < 4.78 is 0. The van der Waals surface area contributed by atoms with Gasteiger partial charge >= 0.3 is 0 Å². The Morgan fingerprint density at radius 1 is 1.04 bits per heavy atom. The molecule has 3 N–H and O–H groups in total. The van der Waals surface area contributed by atoms with Gasteiger partial charge in [-0.1, -0.05) is 47.5 Å². The smallest absolute Gasteiger partial charge is 0.279 e. The van der Waals surface area contributed by atoms with Crippen LogP contribution in [0.15, 0.2) is 48.5 Å². The van der Waals surface area contributed by atoms with Gasteiger partial charge in [-0.05, 0) is 37.6 Å². The van der Waals surface area contributed by atoms with Gasteiger partial charge in [0.25, 0.3) is 11.8 Å². The van der Waals surface area contributed by atoms with Crippen LogP contribution in [0.5, 0.6) is 0 Å². The summed E-state index contributed by atoms with van der Waals surface area (Å²) in [7, 11) is 1.81. The van der Waals surface area contributed by atoms with E-state index in [1.54, 1.807) is 6.07 Å². The van der Waals surface area contributed by atoms with Gasteiger partial charge in [0.05, 0.1) is 13.1 Å². The number of quaternary nitrogens is 1. The summed E-state index contributed by atoms with van der Waals surface area (Å²) in [5.74, 6) is -0.253. The first-order valence-corrected chi connectivity index (χ1v) is 8.94. The first-order valence-electron chi connectivity index (χ1n) is 8.56. The lowest BCUT2D eigenvalue weighted by molar-refractivity contribution is -0.862. The summed E-state index contributed by atoms with van der Waals surface area (Å²) in [6, 6.07) is 14.8. The number of benzene rings is 2. The molecule has 2 amide bonds. The maximum absolute atomic E-state index is 12.2. The molecule has 2 rings (SSSR count). The first kappa shape index (κ1) is 19.9. The number of anilines is 1. The van der Waals surface area contributed by atoms with Gasteiger partial charge in [0.15, 0.2) is 13.1 Å². The van der Waals surface area contributed by atoms with E-state index >= 15 is 0 Å². The van der Waals surface area contributed by atoms with Crippen LogP contribution in [0.4, 0.5) is 5.69 Å². The number of rotatable bonds is 7. The number of likely N-dealkylation sites (N-methyl/N-ethyl adjacent to an activating group) is 1. The topological polar surface area (TPSA) is 62.6 Å². The summed E-state index contributed by atoms with van der Waals surface area (Å²) in [5, 5.41) is 6.38. The van der Waals surface area contributed by atoms with Crippen LogP contribution in [0.2, 0.25) is 5.02 Å². The van der Waals surface area contributed by atoms with Crippen LogP contribution in [0, 0.1) is 6.92 Å². The molecule has 2 aromatic rings.